The van der Waals surface area contributed by atoms with E-state index in [4.69, 9.17) is 4.74 Å². The van der Waals surface area contributed by atoms with Crippen molar-refractivity contribution in [2.24, 2.45) is 0 Å². The van der Waals surface area contributed by atoms with Crippen LogP contribution in [0.2, 0.25) is 0 Å². The third kappa shape index (κ3) is 5.19. The second kappa shape index (κ2) is 9.72. The Labute approximate surface area is 185 Å². The topological polar surface area (TPSA) is 67.3 Å². The van der Waals surface area contributed by atoms with Gasteiger partial charge in [-0.15, -0.1) is 10.2 Å². The van der Waals surface area contributed by atoms with Crippen LogP contribution in [0.5, 0.6) is 5.75 Å². The highest BCUT2D eigenvalue weighted by Crippen LogP contribution is 2.23. The van der Waals surface area contributed by atoms with Crippen molar-refractivity contribution in [1.82, 2.24) is 10.2 Å². The van der Waals surface area contributed by atoms with Crippen LogP contribution in [0.1, 0.15) is 26.2 Å². The van der Waals surface area contributed by atoms with Crippen molar-refractivity contribution in [2.45, 2.75) is 32.3 Å². The number of piperidine rings is 1. The van der Waals surface area contributed by atoms with Crippen LogP contribution in [0.4, 0.5) is 20.3 Å². The number of carbonyl (C=O) groups excluding carboxylic acids is 1. The van der Waals surface area contributed by atoms with Gasteiger partial charge in [-0.25, -0.2) is 8.78 Å². The van der Waals surface area contributed by atoms with Crippen LogP contribution in [0.15, 0.2) is 54.6 Å². The first kappa shape index (κ1) is 21.7. The molecule has 1 saturated heterocycles. The SMILES string of the molecule is CC(Oc1ccc(F)cc1F)C(=O)Nc1ccc(-c2ccc(N3CCCCC3)nn2)cc1. The molecule has 1 aliphatic heterocycles. The van der Waals surface area contributed by atoms with Gasteiger partial charge in [-0.05, 0) is 62.6 Å². The molecular formula is C24H24F2N4O2. The molecule has 0 radical (unpaired) electrons. The standard InChI is InChI=1S/C24H24F2N4O2/c1-16(32-22-11-7-18(25)15-20(22)26)24(31)27-19-8-5-17(6-9-19)21-10-12-23(29-28-21)30-13-3-2-4-14-30/h5-12,15-16H,2-4,13-14H2,1H3,(H,27,31). The fraction of sp³-hybridized carbons (Fsp3) is 0.292. The molecule has 0 spiro atoms. The average molecular weight is 438 g/mol. The highest BCUT2D eigenvalue weighted by atomic mass is 19.1. The zero-order valence-corrected chi connectivity index (χ0v) is 17.7. The molecule has 32 heavy (non-hydrogen) atoms. The lowest BCUT2D eigenvalue weighted by molar-refractivity contribution is -0.122. The summed E-state index contributed by atoms with van der Waals surface area (Å²) in [5, 5.41) is 11.4. The first-order chi connectivity index (χ1) is 15.5. The first-order valence-electron chi connectivity index (χ1n) is 10.6. The van der Waals surface area contributed by atoms with Crippen molar-refractivity contribution in [3.63, 3.8) is 0 Å². The van der Waals surface area contributed by atoms with Crippen LogP contribution < -0.4 is 15.0 Å². The van der Waals surface area contributed by atoms with Gasteiger partial charge in [0.2, 0.25) is 0 Å². The van der Waals surface area contributed by atoms with Gasteiger partial charge < -0.3 is 15.0 Å². The second-order valence-electron chi connectivity index (χ2n) is 7.73. The molecule has 1 fully saturated rings. The van der Waals surface area contributed by atoms with Crippen molar-refractivity contribution >= 4 is 17.4 Å². The molecule has 2 aromatic carbocycles. The number of amides is 1. The summed E-state index contributed by atoms with van der Waals surface area (Å²) >= 11 is 0. The molecule has 1 amide bonds. The van der Waals surface area contributed by atoms with Gasteiger partial charge in [0.15, 0.2) is 23.5 Å². The zero-order valence-electron chi connectivity index (χ0n) is 17.7. The van der Waals surface area contributed by atoms with Crippen LogP contribution in [-0.2, 0) is 4.79 Å². The van der Waals surface area contributed by atoms with E-state index in [1.165, 1.54) is 26.2 Å². The smallest absolute Gasteiger partial charge is 0.265 e. The van der Waals surface area contributed by atoms with Crippen LogP contribution in [0.25, 0.3) is 11.3 Å². The largest absolute Gasteiger partial charge is 0.478 e. The maximum atomic E-state index is 13.7. The van der Waals surface area contributed by atoms with E-state index in [1.54, 1.807) is 12.1 Å². The summed E-state index contributed by atoms with van der Waals surface area (Å²) in [5.41, 5.74) is 2.18. The molecule has 0 aliphatic carbocycles. The Morgan fingerprint density at radius 2 is 1.75 bits per heavy atom. The fourth-order valence-corrected chi connectivity index (χ4v) is 3.55. The molecule has 3 aromatic rings. The molecule has 1 unspecified atom stereocenters. The number of halogens is 2. The van der Waals surface area contributed by atoms with E-state index in [0.29, 0.717) is 11.8 Å². The van der Waals surface area contributed by atoms with Crippen molar-refractivity contribution in [2.75, 3.05) is 23.3 Å². The lowest BCUT2D eigenvalue weighted by Gasteiger charge is -2.27. The van der Waals surface area contributed by atoms with Gasteiger partial charge in [-0.1, -0.05) is 12.1 Å². The molecular weight excluding hydrogens is 414 g/mol. The molecule has 8 heteroatoms. The monoisotopic (exact) mass is 438 g/mol. The number of benzene rings is 2. The predicted octanol–water partition coefficient (Wildman–Crippen LogP) is 4.82. The Kier molecular flexibility index (Phi) is 6.58. The lowest BCUT2D eigenvalue weighted by Crippen LogP contribution is -2.30. The minimum atomic E-state index is -0.970. The van der Waals surface area contributed by atoms with Crippen molar-refractivity contribution in [1.29, 1.82) is 0 Å². The number of hydrogen-bond acceptors (Lipinski definition) is 5. The summed E-state index contributed by atoms with van der Waals surface area (Å²) in [6.07, 6.45) is 2.65. The van der Waals surface area contributed by atoms with Crippen LogP contribution in [0, 0.1) is 11.6 Å². The molecule has 0 saturated carbocycles. The normalized spacial score (nSPS) is 14.7. The number of rotatable bonds is 6. The van der Waals surface area contributed by atoms with E-state index < -0.39 is 23.6 Å². The molecule has 6 nitrogen and oxygen atoms in total. The number of anilines is 2. The predicted molar refractivity (Wildman–Crippen MR) is 119 cm³/mol. The van der Waals surface area contributed by atoms with E-state index >= 15 is 0 Å². The number of carbonyl (C=O) groups is 1. The second-order valence-corrected chi connectivity index (χ2v) is 7.73. The minimum Gasteiger partial charge on any atom is -0.478 e. The summed E-state index contributed by atoms with van der Waals surface area (Å²) in [6, 6.07) is 14.0. The Bertz CT molecular complexity index is 1070. The lowest BCUT2D eigenvalue weighted by atomic mass is 10.1. The van der Waals surface area contributed by atoms with Crippen molar-refractivity contribution < 1.29 is 18.3 Å². The minimum absolute atomic E-state index is 0.184. The number of hydrogen-bond donors (Lipinski definition) is 1. The van der Waals surface area contributed by atoms with Gasteiger partial charge in [-0.3, -0.25) is 4.79 Å². The van der Waals surface area contributed by atoms with Crippen LogP contribution >= 0.6 is 0 Å². The molecule has 4 rings (SSSR count). The Morgan fingerprint density at radius 3 is 2.41 bits per heavy atom. The van der Waals surface area contributed by atoms with E-state index in [-0.39, 0.29) is 5.75 Å². The molecule has 1 aromatic heterocycles. The number of ether oxygens (including phenoxy) is 1. The summed E-state index contributed by atoms with van der Waals surface area (Å²) in [5.74, 6) is -1.31. The van der Waals surface area contributed by atoms with Gasteiger partial charge in [0.05, 0.1) is 5.69 Å². The molecule has 1 atom stereocenters. The Balaban J connectivity index is 1.36. The maximum absolute atomic E-state index is 13.7. The number of nitrogens with one attached hydrogen (secondary N) is 1. The van der Waals surface area contributed by atoms with Gasteiger partial charge >= 0.3 is 0 Å². The third-order valence-corrected chi connectivity index (χ3v) is 5.35. The molecule has 166 valence electrons. The molecule has 1 aliphatic rings. The fourth-order valence-electron chi connectivity index (χ4n) is 3.55. The zero-order chi connectivity index (χ0) is 22.5. The van der Waals surface area contributed by atoms with E-state index in [1.807, 2.05) is 24.3 Å². The van der Waals surface area contributed by atoms with Gasteiger partial charge in [0.1, 0.15) is 5.82 Å². The highest BCUT2D eigenvalue weighted by molar-refractivity contribution is 5.94. The summed E-state index contributed by atoms with van der Waals surface area (Å²) < 4.78 is 32.0. The van der Waals surface area contributed by atoms with E-state index in [9.17, 15) is 13.6 Å². The molecule has 1 N–H and O–H groups in total. The number of aromatic nitrogens is 2. The Morgan fingerprint density at radius 1 is 1.00 bits per heavy atom. The Hall–Kier alpha value is -3.55. The van der Waals surface area contributed by atoms with Crippen LogP contribution in [0.3, 0.4) is 0 Å². The van der Waals surface area contributed by atoms with Crippen molar-refractivity contribution in [3.05, 3.63) is 66.2 Å². The molecule has 0 bridgehead atoms. The van der Waals surface area contributed by atoms with E-state index in [2.05, 4.69) is 20.4 Å². The van der Waals surface area contributed by atoms with Crippen molar-refractivity contribution in [3.8, 4) is 17.0 Å². The highest BCUT2D eigenvalue weighted by Gasteiger charge is 2.17. The van der Waals surface area contributed by atoms with Crippen LogP contribution in [-0.4, -0.2) is 35.3 Å². The van der Waals surface area contributed by atoms with Gasteiger partial charge in [0, 0.05) is 30.4 Å². The molecule has 2 heterocycles. The van der Waals surface area contributed by atoms with Gasteiger partial charge in [-0.2, -0.15) is 0 Å². The van der Waals surface area contributed by atoms with E-state index in [0.717, 1.165) is 42.3 Å². The average Bonchev–Trinajstić information content (AvgIpc) is 2.82. The van der Waals surface area contributed by atoms with Gasteiger partial charge in [0.25, 0.3) is 5.91 Å². The third-order valence-electron chi connectivity index (χ3n) is 5.35. The maximum Gasteiger partial charge on any atom is 0.265 e. The summed E-state index contributed by atoms with van der Waals surface area (Å²) in [6.45, 7) is 3.52. The first-order valence-corrected chi connectivity index (χ1v) is 10.6. The summed E-state index contributed by atoms with van der Waals surface area (Å²) in [7, 11) is 0. The quantitative estimate of drug-likeness (QED) is 0.598. The number of nitrogens with zero attached hydrogens (tertiary/aromatic N) is 3. The summed E-state index contributed by atoms with van der Waals surface area (Å²) in [4.78, 5) is 14.6.